The van der Waals surface area contributed by atoms with Crippen molar-refractivity contribution in [1.29, 1.82) is 0 Å². The molecule has 7 nitrogen and oxygen atoms in total. The van der Waals surface area contributed by atoms with Crippen molar-refractivity contribution in [3.05, 3.63) is 17.0 Å². The van der Waals surface area contributed by atoms with E-state index < -0.39 is 0 Å². The Hall–Kier alpha value is -0.870. The summed E-state index contributed by atoms with van der Waals surface area (Å²) in [6.07, 6.45) is 0.946. The van der Waals surface area contributed by atoms with Gasteiger partial charge in [-0.2, -0.15) is 5.10 Å². The number of hydrogen-bond acceptors (Lipinski definition) is 4. The molecule has 2 atom stereocenters. The number of rotatable bonds is 6. The van der Waals surface area contributed by atoms with Crippen molar-refractivity contribution in [2.75, 3.05) is 46.8 Å². The van der Waals surface area contributed by atoms with E-state index in [1.165, 1.54) is 11.3 Å². The van der Waals surface area contributed by atoms with Crippen LogP contribution in [0.2, 0.25) is 0 Å². The smallest absolute Gasteiger partial charge is 0.191 e. The third-order valence-electron chi connectivity index (χ3n) is 5.34. The van der Waals surface area contributed by atoms with Crippen molar-refractivity contribution < 1.29 is 0 Å². The summed E-state index contributed by atoms with van der Waals surface area (Å²) in [5.41, 5.74) is 3.69. The average molecular weight is 491 g/mol. The lowest BCUT2D eigenvalue weighted by atomic mass is 10.1. The highest BCUT2D eigenvalue weighted by molar-refractivity contribution is 14.0. The minimum Gasteiger partial charge on any atom is -0.357 e. The molecule has 0 aromatic carbocycles. The van der Waals surface area contributed by atoms with Gasteiger partial charge in [0.2, 0.25) is 0 Å². The molecule has 1 fully saturated rings. The van der Waals surface area contributed by atoms with Crippen molar-refractivity contribution in [3.63, 3.8) is 0 Å². The number of likely N-dealkylation sites (N-methyl/N-ethyl adjacent to an activating group) is 2. The highest BCUT2D eigenvalue weighted by Crippen LogP contribution is 2.14. The molecule has 1 aliphatic rings. The summed E-state index contributed by atoms with van der Waals surface area (Å²) in [5, 5.41) is 11.5. The predicted octanol–water partition coefficient (Wildman–Crippen LogP) is 1.39. The van der Waals surface area contributed by atoms with Crippen molar-refractivity contribution in [1.82, 2.24) is 30.2 Å². The maximum absolute atomic E-state index is 4.86. The van der Waals surface area contributed by atoms with Crippen LogP contribution in [0.25, 0.3) is 0 Å². The number of guanidine groups is 1. The van der Waals surface area contributed by atoms with Crippen LogP contribution >= 0.6 is 24.0 Å². The first-order valence-electron chi connectivity index (χ1n) is 9.74. The molecule has 1 aromatic rings. The number of aliphatic imine (C=N–C) groups is 1. The Labute approximate surface area is 182 Å². The van der Waals surface area contributed by atoms with Crippen LogP contribution in [0.4, 0.5) is 0 Å². The van der Waals surface area contributed by atoms with E-state index in [0.717, 1.165) is 50.8 Å². The summed E-state index contributed by atoms with van der Waals surface area (Å²) in [6.45, 7) is 13.5. The highest BCUT2D eigenvalue weighted by atomic mass is 127. The number of halogens is 1. The van der Waals surface area contributed by atoms with Crippen LogP contribution in [0.1, 0.15) is 30.8 Å². The van der Waals surface area contributed by atoms with E-state index in [0.29, 0.717) is 12.1 Å². The molecule has 0 amide bonds. The minimum atomic E-state index is 0. The first-order valence-corrected chi connectivity index (χ1v) is 9.74. The molecule has 2 N–H and O–H groups in total. The maximum Gasteiger partial charge on any atom is 0.191 e. The lowest BCUT2D eigenvalue weighted by Gasteiger charge is -2.37. The fourth-order valence-corrected chi connectivity index (χ4v) is 3.52. The van der Waals surface area contributed by atoms with E-state index in [4.69, 9.17) is 4.99 Å². The molecule has 0 radical (unpaired) electrons. The van der Waals surface area contributed by atoms with Gasteiger partial charge in [0.05, 0.1) is 12.2 Å². The lowest BCUT2D eigenvalue weighted by molar-refractivity contribution is 0.119. The van der Waals surface area contributed by atoms with Crippen LogP contribution in [0.15, 0.2) is 4.99 Å². The van der Waals surface area contributed by atoms with Crippen molar-refractivity contribution in [3.8, 4) is 0 Å². The fraction of sp³-hybridized carbons (Fsp3) is 0.789. The van der Waals surface area contributed by atoms with E-state index in [1.807, 2.05) is 11.7 Å². The summed E-state index contributed by atoms with van der Waals surface area (Å²) in [7, 11) is 6.39. The second kappa shape index (κ2) is 11.2. The van der Waals surface area contributed by atoms with E-state index in [-0.39, 0.29) is 24.0 Å². The zero-order valence-electron chi connectivity index (χ0n) is 18.0. The summed E-state index contributed by atoms with van der Waals surface area (Å²) in [4.78, 5) is 9.66. The van der Waals surface area contributed by atoms with Gasteiger partial charge in [-0.1, -0.05) is 0 Å². The molecule has 0 aliphatic carbocycles. The van der Waals surface area contributed by atoms with E-state index >= 15 is 0 Å². The molecule has 2 heterocycles. The van der Waals surface area contributed by atoms with Gasteiger partial charge in [0, 0.05) is 51.0 Å². The van der Waals surface area contributed by atoms with Crippen LogP contribution in [-0.4, -0.2) is 84.4 Å². The van der Waals surface area contributed by atoms with Gasteiger partial charge < -0.3 is 15.5 Å². The van der Waals surface area contributed by atoms with Crippen LogP contribution in [0, 0.1) is 13.8 Å². The fourth-order valence-electron chi connectivity index (χ4n) is 3.52. The third-order valence-corrected chi connectivity index (χ3v) is 5.34. The Morgan fingerprint density at radius 2 is 1.96 bits per heavy atom. The first-order chi connectivity index (χ1) is 12.3. The number of hydrogen-bond donors (Lipinski definition) is 2. The minimum absolute atomic E-state index is 0. The van der Waals surface area contributed by atoms with Gasteiger partial charge in [-0.25, -0.2) is 0 Å². The normalized spacial score (nSPS) is 20.3. The van der Waals surface area contributed by atoms with Crippen LogP contribution in [0.5, 0.6) is 0 Å². The van der Waals surface area contributed by atoms with E-state index in [2.05, 4.69) is 67.3 Å². The van der Waals surface area contributed by atoms with Gasteiger partial charge in [-0.15, -0.1) is 24.0 Å². The average Bonchev–Trinajstić information content (AvgIpc) is 2.82. The molecule has 0 bridgehead atoms. The topological polar surface area (TPSA) is 60.7 Å². The monoisotopic (exact) mass is 491 g/mol. The molecule has 1 saturated heterocycles. The van der Waals surface area contributed by atoms with Crippen molar-refractivity contribution in [2.45, 2.75) is 46.2 Å². The molecule has 27 heavy (non-hydrogen) atoms. The van der Waals surface area contributed by atoms with Crippen molar-refractivity contribution >= 4 is 29.9 Å². The van der Waals surface area contributed by atoms with Gasteiger partial charge in [-0.05, 0) is 53.8 Å². The molecular weight excluding hydrogens is 453 g/mol. The van der Waals surface area contributed by atoms with Gasteiger partial charge in [-0.3, -0.25) is 14.6 Å². The van der Waals surface area contributed by atoms with Gasteiger partial charge in [0.15, 0.2) is 5.96 Å². The Kier molecular flexibility index (Phi) is 10.0. The second-order valence-electron chi connectivity index (χ2n) is 7.64. The molecule has 2 rings (SSSR count). The number of nitrogens with one attached hydrogen (secondary N) is 2. The van der Waals surface area contributed by atoms with E-state index in [1.54, 1.807) is 0 Å². The number of nitrogens with zero attached hydrogens (tertiary/aromatic N) is 5. The quantitative estimate of drug-likeness (QED) is 0.358. The first kappa shape index (κ1) is 24.2. The number of aryl methyl sites for hydroxylation is 2. The molecule has 1 aromatic heterocycles. The van der Waals surface area contributed by atoms with Crippen LogP contribution in [0.3, 0.4) is 0 Å². The van der Waals surface area contributed by atoms with Crippen LogP contribution < -0.4 is 10.6 Å². The highest BCUT2D eigenvalue weighted by Gasteiger charge is 2.22. The second-order valence-corrected chi connectivity index (χ2v) is 7.64. The molecule has 0 spiro atoms. The SMILES string of the molecule is CCNC(=NCC1CN(C)CCN1C)NC(C)Cc1c(C)nn(C)c1C.I. The zero-order valence-corrected chi connectivity index (χ0v) is 20.4. The van der Waals surface area contributed by atoms with Gasteiger partial charge >= 0.3 is 0 Å². The summed E-state index contributed by atoms with van der Waals surface area (Å²) in [5.74, 6) is 0.904. The number of aromatic nitrogens is 2. The molecule has 0 saturated carbocycles. The van der Waals surface area contributed by atoms with Crippen molar-refractivity contribution in [2.24, 2.45) is 12.0 Å². The largest absolute Gasteiger partial charge is 0.357 e. The molecule has 1 aliphatic heterocycles. The van der Waals surface area contributed by atoms with Gasteiger partial charge in [0.1, 0.15) is 0 Å². The molecule has 2 unspecified atom stereocenters. The Bertz CT molecular complexity index is 613. The summed E-state index contributed by atoms with van der Waals surface area (Å²) in [6, 6.07) is 0.767. The lowest BCUT2D eigenvalue weighted by Crippen LogP contribution is -2.52. The molecule has 8 heteroatoms. The third kappa shape index (κ3) is 6.90. The summed E-state index contributed by atoms with van der Waals surface area (Å²) >= 11 is 0. The molecule has 156 valence electrons. The van der Waals surface area contributed by atoms with Gasteiger partial charge in [0.25, 0.3) is 0 Å². The van der Waals surface area contributed by atoms with Crippen LogP contribution in [-0.2, 0) is 13.5 Å². The summed E-state index contributed by atoms with van der Waals surface area (Å²) < 4.78 is 1.96. The Morgan fingerprint density at radius 3 is 2.56 bits per heavy atom. The van der Waals surface area contributed by atoms with E-state index in [9.17, 15) is 0 Å². The Balaban J connectivity index is 0.00000364. The molecular formula is C19H38IN7. The maximum atomic E-state index is 4.86. The Morgan fingerprint density at radius 1 is 1.26 bits per heavy atom. The number of piperazine rings is 1. The standard InChI is InChI=1S/C19H37N7.HI/c1-8-20-19(21-12-17-13-24(5)9-10-25(17)6)22-14(2)11-18-15(3)23-26(7)16(18)4;/h14,17H,8-13H2,1-7H3,(H2,20,21,22);1H. The zero-order chi connectivity index (χ0) is 19.3. The predicted molar refractivity (Wildman–Crippen MR) is 124 cm³/mol.